The van der Waals surface area contributed by atoms with Crippen molar-refractivity contribution < 1.29 is 9.53 Å². The summed E-state index contributed by atoms with van der Waals surface area (Å²) in [7, 11) is 0. The Morgan fingerprint density at radius 3 is 2.60 bits per heavy atom. The van der Waals surface area contributed by atoms with Gasteiger partial charge in [0.1, 0.15) is 11.4 Å². The Morgan fingerprint density at radius 1 is 1.35 bits per heavy atom. The van der Waals surface area contributed by atoms with Crippen LogP contribution < -0.4 is 5.32 Å². The van der Waals surface area contributed by atoms with Gasteiger partial charge in [-0.15, -0.1) is 0 Å². The third-order valence-electron chi connectivity index (χ3n) is 3.06. The fourth-order valence-electron chi connectivity index (χ4n) is 2.20. The Labute approximate surface area is 120 Å². The first-order valence-electron chi connectivity index (χ1n) is 7.10. The molecule has 0 bridgehead atoms. The summed E-state index contributed by atoms with van der Waals surface area (Å²) in [4.78, 5) is 18.3. The molecule has 1 aromatic heterocycles. The summed E-state index contributed by atoms with van der Waals surface area (Å²) >= 11 is 0. The van der Waals surface area contributed by atoms with E-state index in [1.165, 1.54) is 18.4 Å². The van der Waals surface area contributed by atoms with E-state index in [2.05, 4.69) is 15.2 Å². The third-order valence-corrected chi connectivity index (χ3v) is 3.06. The lowest BCUT2D eigenvalue weighted by Gasteiger charge is -2.19. The van der Waals surface area contributed by atoms with Crippen molar-refractivity contribution in [2.45, 2.75) is 45.8 Å². The molecule has 110 valence electrons. The summed E-state index contributed by atoms with van der Waals surface area (Å²) in [5, 5.41) is 2.63. The van der Waals surface area contributed by atoms with Crippen molar-refractivity contribution in [3.05, 3.63) is 23.9 Å². The number of carbonyl (C=O) groups excluding carboxylic acids is 1. The predicted octanol–water partition coefficient (Wildman–Crippen LogP) is 3.02. The highest BCUT2D eigenvalue weighted by Gasteiger charge is 2.16. The van der Waals surface area contributed by atoms with E-state index >= 15 is 0 Å². The molecular formula is C15H23N3O2. The highest BCUT2D eigenvalue weighted by molar-refractivity contribution is 5.83. The number of hydrogen-bond acceptors (Lipinski definition) is 4. The number of ether oxygens (including phenoxy) is 1. The first kappa shape index (κ1) is 14.8. The molecule has 2 rings (SSSR count). The van der Waals surface area contributed by atoms with Crippen molar-refractivity contribution in [1.29, 1.82) is 0 Å². The van der Waals surface area contributed by atoms with Crippen molar-refractivity contribution >= 4 is 11.9 Å². The predicted molar refractivity (Wildman–Crippen MR) is 78.6 cm³/mol. The van der Waals surface area contributed by atoms with Crippen molar-refractivity contribution in [2.24, 2.45) is 0 Å². The molecule has 1 aliphatic rings. The second-order valence-electron chi connectivity index (χ2n) is 6.16. The molecule has 1 fully saturated rings. The van der Waals surface area contributed by atoms with Crippen LogP contribution in [0.25, 0.3) is 0 Å². The van der Waals surface area contributed by atoms with Crippen LogP contribution in [0.4, 0.5) is 10.6 Å². The van der Waals surface area contributed by atoms with Crippen molar-refractivity contribution in [3.8, 4) is 0 Å². The zero-order valence-corrected chi connectivity index (χ0v) is 12.5. The van der Waals surface area contributed by atoms with Gasteiger partial charge in [0, 0.05) is 12.7 Å². The van der Waals surface area contributed by atoms with E-state index in [9.17, 15) is 4.79 Å². The number of pyridine rings is 1. The normalized spacial score (nSPS) is 16.1. The standard InChI is InChI=1S/C15H23N3O2/c1-15(2,3)20-14(19)17-13-7-6-12(10-16-13)11-18-8-4-5-9-18/h6-7,10H,4-5,8-9,11H2,1-3H3,(H,16,17,19). The summed E-state index contributed by atoms with van der Waals surface area (Å²) in [6, 6.07) is 3.81. The molecule has 1 amide bonds. The molecule has 1 N–H and O–H groups in total. The van der Waals surface area contributed by atoms with Crippen LogP contribution in [0.2, 0.25) is 0 Å². The lowest BCUT2D eigenvalue weighted by Crippen LogP contribution is -2.27. The van der Waals surface area contributed by atoms with Gasteiger partial charge < -0.3 is 4.74 Å². The number of nitrogens with one attached hydrogen (secondary N) is 1. The molecular weight excluding hydrogens is 254 g/mol. The molecule has 5 heteroatoms. The highest BCUT2D eigenvalue weighted by atomic mass is 16.6. The maximum Gasteiger partial charge on any atom is 0.413 e. The molecule has 1 saturated heterocycles. The molecule has 1 aromatic rings. The first-order chi connectivity index (χ1) is 9.42. The zero-order valence-electron chi connectivity index (χ0n) is 12.5. The van der Waals surface area contributed by atoms with Crippen molar-refractivity contribution in [3.63, 3.8) is 0 Å². The number of anilines is 1. The van der Waals surface area contributed by atoms with Crippen molar-refractivity contribution in [1.82, 2.24) is 9.88 Å². The average Bonchev–Trinajstić information content (AvgIpc) is 2.82. The van der Waals surface area contributed by atoms with Gasteiger partial charge in [0.05, 0.1) is 0 Å². The van der Waals surface area contributed by atoms with E-state index in [0.29, 0.717) is 5.82 Å². The summed E-state index contributed by atoms with van der Waals surface area (Å²) in [6.45, 7) is 8.76. The molecule has 0 spiro atoms. The topological polar surface area (TPSA) is 54.5 Å². The van der Waals surface area contributed by atoms with Crippen molar-refractivity contribution in [2.75, 3.05) is 18.4 Å². The largest absolute Gasteiger partial charge is 0.444 e. The minimum absolute atomic E-state index is 0.475. The molecule has 0 aromatic carbocycles. The number of rotatable bonds is 3. The van der Waals surface area contributed by atoms with E-state index in [0.717, 1.165) is 19.6 Å². The number of carbonyl (C=O) groups is 1. The number of amides is 1. The van der Waals surface area contributed by atoms with E-state index in [1.807, 2.05) is 39.1 Å². The molecule has 2 heterocycles. The quantitative estimate of drug-likeness (QED) is 0.922. The van der Waals surface area contributed by atoms with Crippen LogP contribution in [0.15, 0.2) is 18.3 Å². The molecule has 0 aliphatic carbocycles. The average molecular weight is 277 g/mol. The van der Waals surface area contributed by atoms with E-state index in [1.54, 1.807) is 0 Å². The third kappa shape index (κ3) is 4.81. The SMILES string of the molecule is CC(C)(C)OC(=O)Nc1ccc(CN2CCCC2)cn1. The number of likely N-dealkylation sites (tertiary alicyclic amines) is 1. The Bertz CT molecular complexity index is 445. The van der Waals surface area contributed by atoms with Crippen LogP contribution >= 0.6 is 0 Å². The Morgan fingerprint density at radius 2 is 2.05 bits per heavy atom. The molecule has 20 heavy (non-hydrogen) atoms. The highest BCUT2D eigenvalue weighted by Crippen LogP contribution is 2.14. The van der Waals surface area contributed by atoms with Gasteiger partial charge >= 0.3 is 6.09 Å². The lowest BCUT2D eigenvalue weighted by atomic mass is 10.2. The van der Waals surface area contributed by atoms with Crippen LogP contribution in [0.3, 0.4) is 0 Å². The smallest absolute Gasteiger partial charge is 0.413 e. The second-order valence-corrected chi connectivity index (χ2v) is 6.16. The lowest BCUT2D eigenvalue weighted by molar-refractivity contribution is 0.0635. The summed E-state index contributed by atoms with van der Waals surface area (Å²) in [5.41, 5.74) is 0.668. The minimum atomic E-state index is -0.500. The number of nitrogens with zero attached hydrogens (tertiary/aromatic N) is 2. The van der Waals surface area contributed by atoms with E-state index < -0.39 is 11.7 Å². The molecule has 5 nitrogen and oxygen atoms in total. The maximum absolute atomic E-state index is 11.6. The number of aromatic nitrogens is 1. The molecule has 0 saturated carbocycles. The first-order valence-corrected chi connectivity index (χ1v) is 7.10. The van der Waals surface area contributed by atoms with E-state index in [4.69, 9.17) is 4.74 Å². The number of hydrogen-bond donors (Lipinski definition) is 1. The molecule has 1 aliphatic heterocycles. The fourth-order valence-corrected chi connectivity index (χ4v) is 2.20. The van der Waals surface area contributed by atoms with Gasteiger partial charge in [0.2, 0.25) is 0 Å². The Kier molecular flexibility index (Phi) is 4.60. The van der Waals surface area contributed by atoms with Crippen LogP contribution in [0.5, 0.6) is 0 Å². The summed E-state index contributed by atoms with van der Waals surface area (Å²) in [5.74, 6) is 0.518. The molecule has 0 unspecified atom stereocenters. The zero-order chi connectivity index (χ0) is 14.6. The monoisotopic (exact) mass is 277 g/mol. The molecule has 0 atom stereocenters. The van der Waals surface area contributed by atoms with Crippen LogP contribution in [-0.2, 0) is 11.3 Å². The fraction of sp³-hybridized carbons (Fsp3) is 0.600. The van der Waals surface area contributed by atoms with Gasteiger partial charge in [0.25, 0.3) is 0 Å². The summed E-state index contributed by atoms with van der Waals surface area (Å²) < 4.78 is 5.18. The Balaban J connectivity index is 1.86. The van der Waals surface area contributed by atoms with Gasteiger partial charge in [-0.05, 0) is 58.3 Å². The van der Waals surface area contributed by atoms with Gasteiger partial charge in [0.15, 0.2) is 0 Å². The second kappa shape index (κ2) is 6.22. The van der Waals surface area contributed by atoms with Crippen LogP contribution in [0.1, 0.15) is 39.2 Å². The van der Waals surface area contributed by atoms with Gasteiger partial charge in [-0.1, -0.05) is 6.07 Å². The summed E-state index contributed by atoms with van der Waals surface area (Å²) in [6.07, 6.45) is 3.90. The van der Waals surface area contributed by atoms with E-state index in [-0.39, 0.29) is 0 Å². The van der Waals surface area contributed by atoms with Gasteiger partial charge in [-0.3, -0.25) is 10.2 Å². The maximum atomic E-state index is 11.6. The van der Waals surface area contributed by atoms with Crippen LogP contribution in [-0.4, -0.2) is 34.7 Å². The molecule has 0 radical (unpaired) electrons. The van der Waals surface area contributed by atoms with Gasteiger partial charge in [-0.2, -0.15) is 0 Å². The van der Waals surface area contributed by atoms with Gasteiger partial charge in [-0.25, -0.2) is 9.78 Å². The Hall–Kier alpha value is -1.62. The van der Waals surface area contributed by atoms with Crippen LogP contribution in [0, 0.1) is 0 Å². The minimum Gasteiger partial charge on any atom is -0.444 e.